The SMILES string of the molecule is Cc1c(-c2ccc3c(c2)OCO3)nn(C)c1CCN. The number of hydrogen-bond acceptors (Lipinski definition) is 4. The van der Waals surface area contributed by atoms with Crippen molar-refractivity contribution in [1.82, 2.24) is 9.78 Å². The molecule has 2 aromatic rings. The third kappa shape index (κ3) is 1.96. The minimum atomic E-state index is 0.290. The summed E-state index contributed by atoms with van der Waals surface area (Å²) in [6.07, 6.45) is 0.833. The number of nitrogens with zero attached hydrogens (tertiary/aromatic N) is 2. The molecule has 0 amide bonds. The zero-order valence-corrected chi connectivity index (χ0v) is 11.1. The molecule has 0 bridgehead atoms. The van der Waals surface area contributed by atoms with E-state index in [1.807, 2.05) is 29.9 Å². The number of aromatic nitrogens is 2. The van der Waals surface area contributed by atoms with E-state index in [1.54, 1.807) is 0 Å². The lowest BCUT2D eigenvalue weighted by molar-refractivity contribution is 0.174. The van der Waals surface area contributed by atoms with Gasteiger partial charge in [-0.25, -0.2) is 0 Å². The van der Waals surface area contributed by atoms with Crippen LogP contribution >= 0.6 is 0 Å². The van der Waals surface area contributed by atoms with E-state index in [0.29, 0.717) is 13.3 Å². The molecule has 1 aromatic carbocycles. The third-order valence-corrected chi connectivity index (χ3v) is 3.46. The Kier molecular flexibility index (Phi) is 2.91. The van der Waals surface area contributed by atoms with Crippen LogP contribution in [0.25, 0.3) is 11.3 Å². The molecular weight excluding hydrogens is 242 g/mol. The number of nitrogens with two attached hydrogens (primary N) is 1. The fraction of sp³-hybridized carbons (Fsp3) is 0.357. The number of ether oxygens (including phenoxy) is 2. The first kappa shape index (κ1) is 12.0. The van der Waals surface area contributed by atoms with Crippen LogP contribution in [0.15, 0.2) is 18.2 Å². The largest absolute Gasteiger partial charge is 0.454 e. The summed E-state index contributed by atoms with van der Waals surface area (Å²) in [5.41, 5.74) is 10.0. The third-order valence-electron chi connectivity index (χ3n) is 3.46. The number of fused-ring (bicyclic) bond motifs is 1. The van der Waals surface area contributed by atoms with Crippen LogP contribution in [-0.2, 0) is 13.5 Å². The Labute approximate surface area is 111 Å². The number of hydrogen-bond donors (Lipinski definition) is 1. The van der Waals surface area contributed by atoms with Gasteiger partial charge in [0.25, 0.3) is 0 Å². The van der Waals surface area contributed by atoms with Gasteiger partial charge in [-0.2, -0.15) is 5.10 Å². The monoisotopic (exact) mass is 259 g/mol. The quantitative estimate of drug-likeness (QED) is 0.910. The van der Waals surface area contributed by atoms with Gasteiger partial charge in [-0.1, -0.05) is 0 Å². The van der Waals surface area contributed by atoms with E-state index in [4.69, 9.17) is 15.2 Å². The Bertz CT molecular complexity index is 619. The summed E-state index contributed by atoms with van der Waals surface area (Å²) in [5.74, 6) is 1.57. The molecule has 0 unspecified atom stereocenters. The molecule has 5 nitrogen and oxygen atoms in total. The smallest absolute Gasteiger partial charge is 0.231 e. The lowest BCUT2D eigenvalue weighted by Gasteiger charge is -2.02. The van der Waals surface area contributed by atoms with Crippen LogP contribution in [0.3, 0.4) is 0 Å². The second-order valence-corrected chi connectivity index (χ2v) is 4.65. The maximum atomic E-state index is 5.64. The fourth-order valence-electron chi connectivity index (χ4n) is 2.47. The van der Waals surface area contributed by atoms with E-state index < -0.39 is 0 Å². The van der Waals surface area contributed by atoms with Gasteiger partial charge < -0.3 is 15.2 Å². The van der Waals surface area contributed by atoms with Crippen LogP contribution in [0.5, 0.6) is 11.5 Å². The van der Waals surface area contributed by atoms with Crippen molar-refractivity contribution in [2.24, 2.45) is 12.8 Å². The zero-order valence-electron chi connectivity index (χ0n) is 11.1. The number of aryl methyl sites for hydroxylation is 1. The molecular formula is C14H17N3O2. The van der Waals surface area contributed by atoms with Crippen molar-refractivity contribution in [2.75, 3.05) is 13.3 Å². The van der Waals surface area contributed by atoms with E-state index in [9.17, 15) is 0 Å². The topological polar surface area (TPSA) is 62.3 Å². The maximum Gasteiger partial charge on any atom is 0.231 e. The average molecular weight is 259 g/mol. The van der Waals surface area contributed by atoms with Crippen molar-refractivity contribution < 1.29 is 9.47 Å². The summed E-state index contributed by atoms with van der Waals surface area (Å²) >= 11 is 0. The maximum absolute atomic E-state index is 5.64. The van der Waals surface area contributed by atoms with Crippen molar-refractivity contribution in [2.45, 2.75) is 13.3 Å². The van der Waals surface area contributed by atoms with Crippen molar-refractivity contribution in [3.05, 3.63) is 29.5 Å². The lowest BCUT2D eigenvalue weighted by atomic mass is 10.1. The second kappa shape index (κ2) is 4.59. The van der Waals surface area contributed by atoms with E-state index in [2.05, 4.69) is 12.0 Å². The Morgan fingerprint density at radius 3 is 2.89 bits per heavy atom. The Morgan fingerprint density at radius 2 is 2.11 bits per heavy atom. The van der Waals surface area contributed by atoms with Crippen LogP contribution in [0, 0.1) is 6.92 Å². The summed E-state index contributed by atoms with van der Waals surface area (Å²) in [7, 11) is 1.95. The van der Waals surface area contributed by atoms with Gasteiger partial charge in [-0.05, 0) is 37.2 Å². The molecule has 0 saturated heterocycles. The van der Waals surface area contributed by atoms with Gasteiger partial charge in [0.05, 0.1) is 5.69 Å². The van der Waals surface area contributed by atoms with Crippen LogP contribution in [0.4, 0.5) is 0 Å². The summed E-state index contributed by atoms with van der Waals surface area (Å²) in [4.78, 5) is 0. The average Bonchev–Trinajstić information content (AvgIpc) is 2.97. The summed E-state index contributed by atoms with van der Waals surface area (Å²) in [6, 6.07) is 5.91. The van der Waals surface area contributed by atoms with Crippen LogP contribution in [0.2, 0.25) is 0 Å². The zero-order chi connectivity index (χ0) is 13.4. The van der Waals surface area contributed by atoms with E-state index in [-0.39, 0.29) is 0 Å². The molecule has 0 fully saturated rings. The Hall–Kier alpha value is -2.01. The van der Waals surface area contributed by atoms with Crippen LogP contribution in [0.1, 0.15) is 11.3 Å². The van der Waals surface area contributed by atoms with Gasteiger partial charge in [0.2, 0.25) is 6.79 Å². The molecule has 3 rings (SSSR count). The molecule has 1 aliphatic rings. The highest BCUT2D eigenvalue weighted by Gasteiger charge is 2.18. The normalized spacial score (nSPS) is 13.0. The predicted molar refractivity (Wildman–Crippen MR) is 72.3 cm³/mol. The van der Waals surface area contributed by atoms with Gasteiger partial charge in [0, 0.05) is 24.7 Å². The lowest BCUT2D eigenvalue weighted by Crippen LogP contribution is -2.08. The molecule has 0 radical (unpaired) electrons. The molecule has 100 valence electrons. The molecule has 0 atom stereocenters. The first-order chi connectivity index (χ1) is 9.20. The van der Waals surface area contributed by atoms with Gasteiger partial charge in [-0.15, -0.1) is 0 Å². The van der Waals surface area contributed by atoms with E-state index >= 15 is 0 Å². The van der Waals surface area contributed by atoms with Crippen molar-refractivity contribution >= 4 is 0 Å². The standard InChI is InChI=1S/C14H17N3O2/c1-9-11(5-6-15)17(2)16-14(9)10-3-4-12-13(7-10)19-8-18-12/h3-4,7H,5-6,8,15H2,1-2H3. The molecule has 5 heteroatoms. The van der Waals surface area contributed by atoms with Gasteiger partial charge in [0.1, 0.15) is 0 Å². The first-order valence-electron chi connectivity index (χ1n) is 6.33. The van der Waals surface area contributed by atoms with Crippen molar-refractivity contribution in [1.29, 1.82) is 0 Å². The Morgan fingerprint density at radius 1 is 1.32 bits per heavy atom. The minimum Gasteiger partial charge on any atom is -0.454 e. The van der Waals surface area contributed by atoms with E-state index in [0.717, 1.165) is 29.2 Å². The van der Waals surface area contributed by atoms with Crippen molar-refractivity contribution in [3.8, 4) is 22.8 Å². The molecule has 0 aliphatic carbocycles. The summed E-state index contributed by atoms with van der Waals surface area (Å²) in [6.45, 7) is 3.00. The van der Waals surface area contributed by atoms with E-state index in [1.165, 1.54) is 11.3 Å². The summed E-state index contributed by atoms with van der Waals surface area (Å²) in [5, 5.41) is 4.59. The molecule has 19 heavy (non-hydrogen) atoms. The predicted octanol–water partition coefficient (Wildman–Crippen LogP) is 1.63. The van der Waals surface area contributed by atoms with Crippen molar-refractivity contribution in [3.63, 3.8) is 0 Å². The molecule has 2 heterocycles. The summed E-state index contributed by atoms with van der Waals surface area (Å²) < 4.78 is 12.6. The van der Waals surface area contributed by atoms with Gasteiger partial charge >= 0.3 is 0 Å². The highest BCUT2D eigenvalue weighted by molar-refractivity contribution is 5.67. The van der Waals surface area contributed by atoms with Crippen LogP contribution < -0.4 is 15.2 Å². The second-order valence-electron chi connectivity index (χ2n) is 4.65. The number of benzene rings is 1. The molecule has 0 spiro atoms. The minimum absolute atomic E-state index is 0.290. The number of rotatable bonds is 3. The highest BCUT2D eigenvalue weighted by atomic mass is 16.7. The Balaban J connectivity index is 2.05. The van der Waals surface area contributed by atoms with Gasteiger partial charge in [0.15, 0.2) is 11.5 Å². The molecule has 2 N–H and O–H groups in total. The van der Waals surface area contributed by atoms with Gasteiger partial charge in [-0.3, -0.25) is 4.68 Å². The molecule has 1 aliphatic heterocycles. The molecule has 1 aromatic heterocycles. The fourth-order valence-corrected chi connectivity index (χ4v) is 2.47. The van der Waals surface area contributed by atoms with Crippen LogP contribution in [-0.4, -0.2) is 23.1 Å². The highest BCUT2D eigenvalue weighted by Crippen LogP contribution is 2.36. The first-order valence-corrected chi connectivity index (χ1v) is 6.33. The molecule has 0 saturated carbocycles.